The van der Waals surface area contributed by atoms with Gasteiger partial charge in [0.2, 0.25) is 0 Å². The first kappa shape index (κ1) is 18.3. The van der Waals surface area contributed by atoms with Crippen LogP contribution < -0.4 is 10.6 Å². The fraction of sp³-hybridized carbons (Fsp3) is 0.941. The summed E-state index contributed by atoms with van der Waals surface area (Å²) in [6.45, 7) is 2.28. The molecule has 2 aliphatic heterocycles. The maximum atomic E-state index is 4.45. The highest BCUT2D eigenvalue weighted by Crippen LogP contribution is 2.35. The molecule has 0 amide bonds. The fourth-order valence-corrected chi connectivity index (χ4v) is 4.39. The molecule has 3 rings (SSSR count). The third-order valence-corrected chi connectivity index (χ3v) is 5.81. The van der Waals surface area contributed by atoms with Crippen LogP contribution in [-0.2, 0) is 0 Å². The first-order valence-electron chi connectivity index (χ1n) is 8.93. The van der Waals surface area contributed by atoms with E-state index in [-0.39, 0.29) is 24.0 Å². The van der Waals surface area contributed by atoms with Crippen molar-refractivity contribution >= 4 is 29.9 Å². The second-order valence-electron chi connectivity index (χ2n) is 7.32. The number of fused-ring (bicyclic) bond motifs is 2. The van der Waals surface area contributed by atoms with E-state index < -0.39 is 0 Å². The molecule has 22 heavy (non-hydrogen) atoms. The lowest BCUT2D eigenvalue weighted by Gasteiger charge is -2.47. The van der Waals surface area contributed by atoms with E-state index in [9.17, 15) is 0 Å². The first-order valence-corrected chi connectivity index (χ1v) is 8.93. The summed E-state index contributed by atoms with van der Waals surface area (Å²) in [6.07, 6.45) is 10.7. The van der Waals surface area contributed by atoms with Crippen LogP contribution in [0.4, 0.5) is 0 Å². The molecule has 1 saturated carbocycles. The third kappa shape index (κ3) is 4.28. The molecule has 3 fully saturated rings. The molecule has 0 spiro atoms. The Hall–Kier alpha value is -0.0400. The summed E-state index contributed by atoms with van der Waals surface area (Å²) in [6, 6.07) is 2.83. The molecule has 2 heterocycles. The molecule has 4 unspecified atom stereocenters. The van der Waals surface area contributed by atoms with Crippen LogP contribution in [0.25, 0.3) is 0 Å². The lowest BCUT2D eigenvalue weighted by atomic mass is 9.82. The van der Waals surface area contributed by atoms with E-state index in [2.05, 4.69) is 34.5 Å². The number of halogens is 1. The van der Waals surface area contributed by atoms with Gasteiger partial charge in [0, 0.05) is 31.2 Å². The van der Waals surface area contributed by atoms with Gasteiger partial charge >= 0.3 is 0 Å². The van der Waals surface area contributed by atoms with Crippen molar-refractivity contribution in [1.82, 2.24) is 15.5 Å². The predicted octanol–water partition coefficient (Wildman–Crippen LogP) is 2.97. The van der Waals surface area contributed by atoms with Gasteiger partial charge in [-0.2, -0.15) is 0 Å². The van der Waals surface area contributed by atoms with Gasteiger partial charge in [-0.1, -0.05) is 19.8 Å². The highest BCUT2D eigenvalue weighted by atomic mass is 127. The number of hydrogen-bond acceptors (Lipinski definition) is 2. The Balaban J connectivity index is 0.00000176. The van der Waals surface area contributed by atoms with E-state index in [1.165, 1.54) is 51.4 Å². The Labute approximate surface area is 152 Å². The zero-order chi connectivity index (χ0) is 14.8. The quantitative estimate of drug-likeness (QED) is 0.418. The summed E-state index contributed by atoms with van der Waals surface area (Å²) in [4.78, 5) is 7.07. The van der Waals surface area contributed by atoms with Crippen LogP contribution >= 0.6 is 24.0 Å². The fourth-order valence-electron chi connectivity index (χ4n) is 4.39. The number of guanidine groups is 1. The summed E-state index contributed by atoms with van der Waals surface area (Å²) < 4.78 is 0. The van der Waals surface area contributed by atoms with Crippen molar-refractivity contribution in [2.75, 3.05) is 14.1 Å². The van der Waals surface area contributed by atoms with Gasteiger partial charge in [0.15, 0.2) is 5.96 Å². The summed E-state index contributed by atoms with van der Waals surface area (Å²) in [5, 5.41) is 7.33. The number of hydrogen-bond donors (Lipinski definition) is 2. The van der Waals surface area contributed by atoms with Crippen LogP contribution in [0, 0.1) is 5.92 Å². The molecule has 2 N–H and O–H groups in total. The van der Waals surface area contributed by atoms with Gasteiger partial charge in [0.1, 0.15) is 0 Å². The Morgan fingerprint density at radius 2 is 1.82 bits per heavy atom. The number of aliphatic imine (C=N–C) groups is 1. The lowest BCUT2D eigenvalue weighted by Crippen LogP contribution is -2.56. The normalized spacial score (nSPS) is 38.1. The molecule has 4 nitrogen and oxygen atoms in total. The van der Waals surface area contributed by atoms with Gasteiger partial charge < -0.3 is 15.5 Å². The van der Waals surface area contributed by atoms with Crippen LogP contribution in [0.5, 0.6) is 0 Å². The van der Waals surface area contributed by atoms with E-state index in [1.807, 2.05) is 7.05 Å². The van der Waals surface area contributed by atoms with Crippen LogP contribution in [0.2, 0.25) is 0 Å². The summed E-state index contributed by atoms with van der Waals surface area (Å²) >= 11 is 0. The number of piperidine rings is 2. The maximum absolute atomic E-state index is 4.45. The summed E-state index contributed by atoms with van der Waals surface area (Å²) in [5.41, 5.74) is 0. The molecule has 5 heteroatoms. The van der Waals surface area contributed by atoms with Gasteiger partial charge in [-0.05, 0) is 51.5 Å². The molecule has 0 radical (unpaired) electrons. The van der Waals surface area contributed by atoms with Gasteiger partial charge in [0.25, 0.3) is 0 Å². The molecule has 4 atom stereocenters. The number of nitrogens with zero attached hydrogens (tertiary/aromatic N) is 2. The van der Waals surface area contributed by atoms with Crippen molar-refractivity contribution in [2.45, 2.75) is 82.5 Å². The Bertz CT molecular complexity index is 373. The molecule has 3 aliphatic rings. The number of rotatable bonds is 4. The Morgan fingerprint density at radius 3 is 2.41 bits per heavy atom. The Kier molecular flexibility index (Phi) is 6.80. The van der Waals surface area contributed by atoms with Gasteiger partial charge in [-0.3, -0.25) is 4.99 Å². The van der Waals surface area contributed by atoms with E-state index in [4.69, 9.17) is 0 Å². The van der Waals surface area contributed by atoms with Crippen LogP contribution in [0.3, 0.4) is 0 Å². The molecule has 1 aliphatic carbocycles. The average Bonchev–Trinajstić information content (AvgIpc) is 3.17. The van der Waals surface area contributed by atoms with Crippen molar-refractivity contribution in [3.8, 4) is 0 Å². The minimum Gasteiger partial charge on any atom is -0.354 e. The second-order valence-corrected chi connectivity index (χ2v) is 7.32. The molecule has 0 aromatic heterocycles. The van der Waals surface area contributed by atoms with Gasteiger partial charge in [-0.15, -0.1) is 24.0 Å². The maximum Gasteiger partial charge on any atom is 0.191 e. The van der Waals surface area contributed by atoms with Crippen molar-refractivity contribution in [3.05, 3.63) is 0 Å². The minimum atomic E-state index is 0. The largest absolute Gasteiger partial charge is 0.354 e. The third-order valence-electron chi connectivity index (χ3n) is 5.81. The van der Waals surface area contributed by atoms with E-state index >= 15 is 0 Å². The molecular formula is C17H33IN4. The van der Waals surface area contributed by atoms with Gasteiger partial charge in [-0.25, -0.2) is 0 Å². The van der Waals surface area contributed by atoms with Crippen LogP contribution in [0.15, 0.2) is 4.99 Å². The summed E-state index contributed by atoms with van der Waals surface area (Å²) in [5.74, 6) is 1.91. The molecule has 2 bridgehead atoms. The lowest BCUT2D eigenvalue weighted by molar-refractivity contribution is 0.0526. The molecule has 2 saturated heterocycles. The highest BCUT2D eigenvalue weighted by molar-refractivity contribution is 14.0. The van der Waals surface area contributed by atoms with E-state index in [1.54, 1.807) is 0 Å². The van der Waals surface area contributed by atoms with Crippen molar-refractivity contribution in [3.63, 3.8) is 0 Å². The monoisotopic (exact) mass is 420 g/mol. The van der Waals surface area contributed by atoms with Gasteiger partial charge in [0.05, 0.1) is 0 Å². The number of nitrogens with one attached hydrogen (secondary N) is 2. The van der Waals surface area contributed by atoms with Crippen molar-refractivity contribution in [2.24, 2.45) is 10.9 Å². The zero-order valence-corrected chi connectivity index (χ0v) is 16.7. The van der Waals surface area contributed by atoms with E-state index in [0.717, 1.165) is 24.0 Å². The molecule has 0 aromatic carbocycles. The minimum absolute atomic E-state index is 0. The zero-order valence-electron chi connectivity index (χ0n) is 14.3. The smallest absolute Gasteiger partial charge is 0.191 e. The standard InChI is InChI=1S/C17H32N4.HI/c1-4-6-12-9-16(12)20-17(18-2)19-13-10-14-7-5-8-15(11-13)21(14)3;/h12-16H,4-11H2,1-3H3,(H2,18,19,20);1H. The van der Waals surface area contributed by atoms with Crippen molar-refractivity contribution < 1.29 is 0 Å². The summed E-state index contributed by atoms with van der Waals surface area (Å²) in [7, 11) is 4.22. The van der Waals surface area contributed by atoms with Crippen LogP contribution in [-0.4, -0.2) is 49.1 Å². The Morgan fingerprint density at radius 1 is 1.14 bits per heavy atom. The first-order chi connectivity index (χ1) is 10.2. The molecule has 128 valence electrons. The average molecular weight is 420 g/mol. The highest BCUT2D eigenvalue weighted by Gasteiger charge is 2.38. The van der Waals surface area contributed by atoms with E-state index in [0.29, 0.717) is 12.1 Å². The topological polar surface area (TPSA) is 39.7 Å². The molecular weight excluding hydrogens is 387 g/mol. The van der Waals surface area contributed by atoms with Crippen molar-refractivity contribution in [1.29, 1.82) is 0 Å². The second kappa shape index (κ2) is 8.18. The molecule has 0 aromatic rings. The SMILES string of the molecule is CCCC1CC1NC(=NC)NC1CC2CCCC(C1)N2C.I. The van der Waals surface area contributed by atoms with Crippen LogP contribution in [0.1, 0.15) is 58.3 Å². The predicted molar refractivity (Wildman–Crippen MR) is 104 cm³/mol.